The number of benzene rings is 1. The number of carbonyl (C=O) groups is 2. The largest absolute Gasteiger partial charge is 0.378 e. The summed E-state index contributed by atoms with van der Waals surface area (Å²) in [5.41, 5.74) is 1.42. The van der Waals surface area contributed by atoms with Crippen LogP contribution in [0, 0.1) is 0 Å². The zero-order valence-electron chi connectivity index (χ0n) is 16.6. The number of nitrogens with zero attached hydrogens (tertiary/aromatic N) is 2. The monoisotopic (exact) mass is 433 g/mol. The average molecular weight is 433 g/mol. The molecule has 1 aromatic carbocycles. The second-order valence-corrected chi connectivity index (χ2v) is 8.52. The van der Waals surface area contributed by atoms with Crippen LogP contribution in [0.15, 0.2) is 36.5 Å². The van der Waals surface area contributed by atoms with Gasteiger partial charge in [0.05, 0.1) is 42.6 Å². The summed E-state index contributed by atoms with van der Waals surface area (Å²) in [6.07, 6.45) is 2.65. The van der Waals surface area contributed by atoms with Gasteiger partial charge >= 0.3 is 0 Å². The van der Waals surface area contributed by atoms with Gasteiger partial charge in [0.15, 0.2) is 0 Å². The third-order valence-corrected chi connectivity index (χ3v) is 4.84. The summed E-state index contributed by atoms with van der Waals surface area (Å²) in [6, 6.07) is 7.82. The van der Waals surface area contributed by atoms with Crippen LogP contribution in [0.1, 0.15) is 17.3 Å². The van der Waals surface area contributed by atoms with Crippen molar-refractivity contribution in [1.82, 2.24) is 4.98 Å². The number of hydrogen-bond acceptors (Lipinski definition) is 7. The fourth-order valence-electron chi connectivity index (χ4n) is 2.95. The van der Waals surface area contributed by atoms with Crippen molar-refractivity contribution in [3.63, 3.8) is 0 Å². The third-order valence-electron chi connectivity index (χ3n) is 4.25. The first-order valence-electron chi connectivity index (χ1n) is 9.21. The SMILES string of the molecule is CC(=O)Nc1ccc(NS(C)(=O)=O)c(C(=O)Nc2ccc(N3CCOCC3)cn2)c1. The van der Waals surface area contributed by atoms with Crippen LogP contribution in [0.3, 0.4) is 0 Å². The number of morpholine rings is 1. The Morgan fingerprint density at radius 1 is 1.10 bits per heavy atom. The first-order valence-corrected chi connectivity index (χ1v) is 11.1. The fraction of sp³-hybridized carbons (Fsp3) is 0.316. The molecule has 3 N–H and O–H groups in total. The molecule has 1 aromatic heterocycles. The summed E-state index contributed by atoms with van der Waals surface area (Å²) >= 11 is 0. The van der Waals surface area contributed by atoms with Crippen molar-refractivity contribution in [2.45, 2.75) is 6.92 Å². The van der Waals surface area contributed by atoms with Crippen molar-refractivity contribution >= 4 is 44.7 Å². The first-order chi connectivity index (χ1) is 14.2. The predicted octanol–water partition coefficient (Wildman–Crippen LogP) is 1.50. The summed E-state index contributed by atoms with van der Waals surface area (Å²) in [7, 11) is -3.61. The summed E-state index contributed by atoms with van der Waals surface area (Å²) < 4.78 is 30.9. The highest BCUT2D eigenvalue weighted by Crippen LogP contribution is 2.23. The molecule has 0 unspecified atom stereocenters. The van der Waals surface area contributed by atoms with Crippen molar-refractivity contribution in [3.8, 4) is 0 Å². The zero-order valence-corrected chi connectivity index (χ0v) is 17.5. The lowest BCUT2D eigenvalue weighted by molar-refractivity contribution is -0.114. The molecule has 1 aliphatic heterocycles. The quantitative estimate of drug-likeness (QED) is 0.629. The number of ether oxygens (including phenoxy) is 1. The Labute approximate surface area is 174 Å². The van der Waals surface area contributed by atoms with Gasteiger partial charge in [0.25, 0.3) is 5.91 Å². The molecule has 30 heavy (non-hydrogen) atoms. The molecule has 160 valence electrons. The molecule has 11 heteroatoms. The summed E-state index contributed by atoms with van der Waals surface area (Å²) in [4.78, 5) is 30.5. The number of hydrogen-bond donors (Lipinski definition) is 3. The van der Waals surface area contributed by atoms with E-state index >= 15 is 0 Å². The van der Waals surface area contributed by atoms with Gasteiger partial charge in [-0.25, -0.2) is 13.4 Å². The van der Waals surface area contributed by atoms with Gasteiger partial charge in [-0.15, -0.1) is 0 Å². The Kier molecular flexibility index (Phi) is 6.53. The minimum atomic E-state index is -3.61. The fourth-order valence-corrected chi connectivity index (χ4v) is 3.53. The van der Waals surface area contributed by atoms with Gasteiger partial charge in [0.2, 0.25) is 15.9 Å². The maximum absolute atomic E-state index is 12.8. The smallest absolute Gasteiger partial charge is 0.259 e. The van der Waals surface area contributed by atoms with Crippen LogP contribution in [-0.4, -0.2) is 57.8 Å². The minimum absolute atomic E-state index is 0.0470. The molecule has 0 aliphatic carbocycles. The Balaban J connectivity index is 1.81. The maximum atomic E-state index is 12.8. The van der Waals surface area contributed by atoms with E-state index in [1.165, 1.54) is 25.1 Å². The number of amides is 2. The summed E-state index contributed by atoms with van der Waals surface area (Å²) in [6.45, 7) is 4.18. The van der Waals surface area contributed by atoms with E-state index in [-0.39, 0.29) is 17.2 Å². The van der Waals surface area contributed by atoms with E-state index in [2.05, 4.69) is 25.2 Å². The van der Waals surface area contributed by atoms with Crippen LogP contribution < -0.4 is 20.3 Å². The number of anilines is 4. The van der Waals surface area contributed by atoms with Crippen molar-refractivity contribution < 1.29 is 22.7 Å². The van der Waals surface area contributed by atoms with Crippen molar-refractivity contribution in [3.05, 3.63) is 42.1 Å². The number of aromatic nitrogens is 1. The summed E-state index contributed by atoms with van der Waals surface area (Å²) in [5.74, 6) is -0.572. The molecule has 10 nitrogen and oxygen atoms in total. The third kappa shape index (κ3) is 5.91. The van der Waals surface area contributed by atoms with E-state index < -0.39 is 15.9 Å². The number of pyridine rings is 1. The highest BCUT2D eigenvalue weighted by atomic mass is 32.2. The molecule has 0 radical (unpaired) electrons. The Morgan fingerprint density at radius 2 is 1.83 bits per heavy atom. The number of rotatable bonds is 6. The van der Waals surface area contributed by atoms with Crippen LogP contribution in [0.4, 0.5) is 22.9 Å². The van der Waals surface area contributed by atoms with E-state index in [1.54, 1.807) is 12.3 Å². The van der Waals surface area contributed by atoms with E-state index in [1.807, 2.05) is 6.07 Å². The molecule has 2 heterocycles. The minimum Gasteiger partial charge on any atom is -0.378 e. The molecule has 3 rings (SSSR count). The van der Waals surface area contributed by atoms with E-state index in [0.29, 0.717) is 24.7 Å². The highest BCUT2D eigenvalue weighted by Gasteiger charge is 2.17. The molecular weight excluding hydrogens is 410 g/mol. The van der Waals surface area contributed by atoms with Crippen LogP contribution in [0.2, 0.25) is 0 Å². The van der Waals surface area contributed by atoms with Gasteiger partial charge in [-0.05, 0) is 30.3 Å². The zero-order chi connectivity index (χ0) is 21.7. The lowest BCUT2D eigenvalue weighted by atomic mass is 10.1. The van der Waals surface area contributed by atoms with Crippen LogP contribution in [0.25, 0.3) is 0 Å². The van der Waals surface area contributed by atoms with Crippen molar-refractivity contribution in [2.24, 2.45) is 0 Å². The summed E-state index contributed by atoms with van der Waals surface area (Å²) in [5, 5.41) is 5.22. The first kappa shape index (κ1) is 21.5. The van der Waals surface area contributed by atoms with E-state index in [4.69, 9.17) is 4.74 Å². The van der Waals surface area contributed by atoms with E-state index in [9.17, 15) is 18.0 Å². The molecule has 1 saturated heterocycles. The van der Waals surface area contributed by atoms with Gasteiger partial charge in [-0.1, -0.05) is 0 Å². The Bertz CT molecular complexity index is 1030. The normalized spacial score (nSPS) is 14.1. The van der Waals surface area contributed by atoms with Crippen molar-refractivity contribution in [1.29, 1.82) is 0 Å². The Morgan fingerprint density at radius 3 is 2.43 bits per heavy atom. The van der Waals surface area contributed by atoms with Crippen LogP contribution >= 0.6 is 0 Å². The predicted molar refractivity (Wildman–Crippen MR) is 114 cm³/mol. The second-order valence-electron chi connectivity index (χ2n) is 6.77. The Hall–Kier alpha value is -3.18. The molecule has 1 fully saturated rings. The molecule has 0 saturated carbocycles. The lowest BCUT2D eigenvalue weighted by Gasteiger charge is -2.28. The van der Waals surface area contributed by atoms with Gasteiger partial charge in [0, 0.05) is 25.7 Å². The molecule has 1 aliphatic rings. The lowest BCUT2D eigenvalue weighted by Crippen LogP contribution is -2.36. The molecule has 0 spiro atoms. The topological polar surface area (TPSA) is 130 Å². The highest BCUT2D eigenvalue weighted by molar-refractivity contribution is 7.92. The van der Waals surface area contributed by atoms with Gasteiger partial charge < -0.3 is 20.3 Å². The maximum Gasteiger partial charge on any atom is 0.259 e. The molecular formula is C19H23N5O5S. The van der Waals surface area contributed by atoms with Gasteiger partial charge in [-0.3, -0.25) is 14.3 Å². The molecule has 0 bridgehead atoms. The molecule has 0 atom stereocenters. The molecule has 2 aromatic rings. The number of carbonyl (C=O) groups excluding carboxylic acids is 2. The average Bonchev–Trinajstić information content (AvgIpc) is 2.69. The number of sulfonamides is 1. The van der Waals surface area contributed by atoms with Gasteiger partial charge in [0.1, 0.15) is 5.82 Å². The van der Waals surface area contributed by atoms with Crippen LogP contribution in [0.5, 0.6) is 0 Å². The van der Waals surface area contributed by atoms with E-state index in [0.717, 1.165) is 25.0 Å². The number of nitrogens with one attached hydrogen (secondary N) is 3. The standard InChI is InChI=1S/C19H23N5O5S/c1-13(25)21-14-3-5-17(23-30(2,27)28)16(11-14)19(26)22-18-6-4-15(12-20-18)24-7-9-29-10-8-24/h3-6,11-12,23H,7-10H2,1-2H3,(H,21,25)(H,20,22,26). The second kappa shape index (κ2) is 9.09. The van der Waals surface area contributed by atoms with Crippen molar-refractivity contribution in [2.75, 3.05) is 52.8 Å². The van der Waals surface area contributed by atoms with Gasteiger partial charge in [-0.2, -0.15) is 0 Å². The van der Waals surface area contributed by atoms with Crippen LogP contribution in [-0.2, 0) is 19.6 Å². The molecule has 2 amide bonds.